The summed E-state index contributed by atoms with van der Waals surface area (Å²) in [4.78, 5) is 13.5. The lowest BCUT2D eigenvalue weighted by Crippen LogP contribution is -2.39. The molecule has 3 aromatic carbocycles. The predicted octanol–water partition coefficient (Wildman–Crippen LogP) is 10.6. The molecule has 0 N–H and O–H groups in total. The van der Waals surface area contributed by atoms with Gasteiger partial charge in [0.25, 0.3) is 0 Å². The summed E-state index contributed by atoms with van der Waals surface area (Å²) in [6.45, 7) is 3.95. The lowest BCUT2D eigenvalue weighted by molar-refractivity contribution is 0.0616. The Bertz CT molecular complexity index is 1540. The van der Waals surface area contributed by atoms with E-state index in [1.54, 1.807) is 37.3 Å². The number of rotatable bonds is 11. The smallest absolute Gasteiger partial charge is 0.344 e. The van der Waals surface area contributed by atoms with E-state index in [1.165, 1.54) is 74.2 Å². The van der Waals surface area contributed by atoms with Crippen molar-refractivity contribution in [2.45, 2.75) is 83.0 Å². The fourth-order valence-electron chi connectivity index (χ4n) is 6.72. The summed E-state index contributed by atoms with van der Waals surface area (Å²) < 4.78 is 75.0. The first-order valence-electron chi connectivity index (χ1n) is 16.0. The van der Waals surface area contributed by atoms with Crippen LogP contribution in [0.3, 0.4) is 0 Å². The molecular formula is C38H40F4O3. The number of halogens is 4. The Hall–Kier alpha value is -3.87. The third-order valence-corrected chi connectivity index (χ3v) is 9.12. The normalized spacial score (nSPS) is 23.2. The van der Waals surface area contributed by atoms with Gasteiger partial charge in [-0.25, -0.2) is 18.0 Å². The summed E-state index contributed by atoms with van der Waals surface area (Å²) in [6, 6.07) is 16.7. The molecule has 238 valence electrons. The molecule has 0 aliphatic heterocycles. The quantitative estimate of drug-likeness (QED) is 0.0926. The van der Waals surface area contributed by atoms with Crippen molar-refractivity contribution in [1.29, 1.82) is 0 Å². The van der Waals surface area contributed by atoms with Crippen LogP contribution in [0.4, 0.5) is 17.6 Å². The SMILES string of the molecule is CCCCCC1CCC(c2ccc(OC(=O)c3ccccc3C3(F)C(c4ccccc4)=CC=C(OCC)C3F)c(F)c2F)CC1. The molecule has 0 aromatic heterocycles. The van der Waals surface area contributed by atoms with Gasteiger partial charge < -0.3 is 9.47 Å². The minimum atomic E-state index is -2.85. The van der Waals surface area contributed by atoms with Crippen molar-refractivity contribution in [3.05, 3.63) is 119 Å². The minimum absolute atomic E-state index is 0.0130. The van der Waals surface area contributed by atoms with E-state index >= 15 is 17.6 Å². The van der Waals surface area contributed by atoms with E-state index in [1.807, 2.05) is 0 Å². The molecule has 0 bridgehead atoms. The number of unbranched alkanes of at least 4 members (excludes halogenated alkanes) is 2. The Balaban J connectivity index is 1.40. The largest absolute Gasteiger partial charge is 0.495 e. The van der Waals surface area contributed by atoms with Gasteiger partial charge in [-0.15, -0.1) is 0 Å². The number of carbonyl (C=O) groups excluding carboxylic acids is 1. The summed E-state index contributed by atoms with van der Waals surface area (Å²) in [5.41, 5.74) is -2.79. The highest BCUT2D eigenvalue weighted by molar-refractivity contribution is 5.95. The van der Waals surface area contributed by atoms with Gasteiger partial charge in [0.05, 0.1) is 12.2 Å². The lowest BCUT2D eigenvalue weighted by Gasteiger charge is -2.36. The molecule has 0 heterocycles. The second kappa shape index (κ2) is 14.5. The average Bonchev–Trinajstić information content (AvgIpc) is 3.06. The molecule has 0 radical (unpaired) electrons. The summed E-state index contributed by atoms with van der Waals surface area (Å²) in [7, 11) is 0. The number of ether oxygens (including phenoxy) is 2. The molecule has 7 heteroatoms. The third-order valence-electron chi connectivity index (χ3n) is 9.12. The number of esters is 1. The zero-order chi connectivity index (χ0) is 32.0. The molecule has 2 unspecified atom stereocenters. The second-order valence-corrected chi connectivity index (χ2v) is 12.0. The molecule has 0 spiro atoms. The molecule has 0 saturated heterocycles. The fraction of sp³-hybridized carbons (Fsp3) is 0.395. The number of hydrogen-bond acceptors (Lipinski definition) is 3. The van der Waals surface area contributed by atoms with Crippen molar-refractivity contribution >= 4 is 11.5 Å². The summed E-state index contributed by atoms with van der Waals surface area (Å²) in [6.07, 6.45) is 8.78. The first kappa shape index (κ1) is 32.5. The molecule has 1 fully saturated rings. The Morgan fingerprint density at radius 1 is 0.867 bits per heavy atom. The van der Waals surface area contributed by atoms with E-state index in [0.29, 0.717) is 11.5 Å². The topological polar surface area (TPSA) is 35.5 Å². The van der Waals surface area contributed by atoms with Crippen molar-refractivity contribution < 1.29 is 31.8 Å². The summed E-state index contributed by atoms with van der Waals surface area (Å²) in [5, 5.41) is 0. The van der Waals surface area contributed by atoms with Gasteiger partial charge in [0, 0.05) is 11.1 Å². The highest BCUT2D eigenvalue weighted by Gasteiger charge is 2.51. The van der Waals surface area contributed by atoms with E-state index in [-0.39, 0.29) is 40.5 Å². The van der Waals surface area contributed by atoms with Crippen LogP contribution in [0.25, 0.3) is 5.57 Å². The van der Waals surface area contributed by atoms with Gasteiger partial charge in [0.2, 0.25) is 11.5 Å². The lowest BCUT2D eigenvalue weighted by atomic mass is 9.75. The Morgan fingerprint density at radius 3 is 2.29 bits per heavy atom. The van der Waals surface area contributed by atoms with Gasteiger partial charge in [-0.1, -0.05) is 93.3 Å². The first-order valence-corrected chi connectivity index (χ1v) is 16.0. The maximum Gasteiger partial charge on any atom is 0.344 e. The number of carbonyl (C=O) groups is 1. The zero-order valence-corrected chi connectivity index (χ0v) is 25.8. The molecule has 3 nitrogen and oxygen atoms in total. The zero-order valence-electron chi connectivity index (χ0n) is 25.8. The number of benzene rings is 3. The van der Waals surface area contributed by atoms with E-state index in [2.05, 4.69) is 6.92 Å². The van der Waals surface area contributed by atoms with Crippen molar-refractivity contribution in [3.63, 3.8) is 0 Å². The van der Waals surface area contributed by atoms with E-state index in [4.69, 9.17) is 9.47 Å². The Morgan fingerprint density at radius 2 is 1.58 bits per heavy atom. The van der Waals surface area contributed by atoms with Crippen LogP contribution in [0.15, 0.2) is 84.6 Å². The minimum Gasteiger partial charge on any atom is -0.495 e. The second-order valence-electron chi connectivity index (χ2n) is 12.0. The predicted molar refractivity (Wildman–Crippen MR) is 168 cm³/mol. The molecule has 3 aromatic rings. The monoisotopic (exact) mass is 620 g/mol. The molecule has 2 aliphatic rings. The van der Waals surface area contributed by atoms with Crippen molar-refractivity contribution in [3.8, 4) is 5.75 Å². The van der Waals surface area contributed by atoms with Crippen LogP contribution >= 0.6 is 0 Å². The van der Waals surface area contributed by atoms with Crippen LogP contribution in [-0.4, -0.2) is 18.7 Å². The standard InChI is InChI=1S/C38H40F4O3/c1-3-5-7-12-25-17-19-26(20-18-25)28-21-23-32(35(40)34(28)39)45-37(43)29-15-10-11-16-31(29)38(42)30(27-13-8-6-9-14-27)22-24-33(36(38)41)44-4-2/h6,8-11,13-16,21-26,36H,3-5,7,12,17-20H2,1-2H3. The van der Waals surface area contributed by atoms with Crippen molar-refractivity contribution in [2.75, 3.05) is 6.61 Å². The van der Waals surface area contributed by atoms with Crippen LogP contribution in [0.5, 0.6) is 5.75 Å². The molecule has 2 atom stereocenters. The van der Waals surface area contributed by atoms with Crippen LogP contribution < -0.4 is 4.74 Å². The van der Waals surface area contributed by atoms with Crippen molar-refractivity contribution in [2.24, 2.45) is 5.92 Å². The van der Waals surface area contributed by atoms with Crippen LogP contribution in [0.2, 0.25) is 0 Å². The molecule has 1 saturated carbocycles. The average molecular weight is 621 g/mol. The van der Waals surface area contributed by atoms with Gasteiger partial charge in [-0.05, 0) is 73.8 Å². The van der Waals surface area contributed by atoms with Gasteiger partial charge in [-0.3, -0.25) is 0 Å². The highest BCUT2D eigenvalue weighted by atomic mass is 19.2. The molecule has 2 aliphatic carbocycles. The van der Waals surface area contributed by atoms with Gasteiger partial charge in [0.15, 0.2) is 17.7 Å². The van der Waals surface area contributed by atoms with E-state index in [9.17, 15) is 4.79 Å². The number of alkyl halides is 2. The van der Waals surface area contributed by atoms with Crippen LogP contribution in [-0.2, 0) is 10.4 Å². The molecule has 0 amide bonds. The van der Waals surface area contributed by atoms with Gasteiger partial charge in [0.1, 0.15) is 5.76 Å². The van der Waals surface area contributed by atoms with Crippen LogP contribution in [0, 0.1) is 17.6 Å². The maximum absolute atomic E-state index is 17.4. The first-order chi connectivity index (χ1) is 21.8. The van der Waals surface area contributed by atoms with Gasteiger partial charge >= 0.3 is 5.97 Å². The highest BCUT2D eigenvalue weighted by Crippen LogP contribution is 2.50. The van der Waals surface area contributed by atoms with Crippen molar-refractivity contribution in [1.82, 2.24) is 0 Å². The number of allylic oxidation sites excluding steroid dienone is 4. The third kappa shape index (κ3) is 6.73. The van der Waals surface area contributed by atoms with E-state index < -0.39 is 35.2 Å². The molecule has 45 heavy (non-hydrogen) atoms. The maximum atomic E-state index is 17.4. The number of hydrogen-bond donors (Lipinski definition) is 0. The Kier molecular flexibility index (Phi) is 10.5. The van der Waals surface area contributed by atoms with E-state index in [0.717, 1.165) is 25.7 Å². The molecular weight excluding hydrogens is 580 g/mol. The van der Waals surface area contributed by atoms with Crippen LogP contribution in [0.1, 0.15) is 98.2 Å². The van der Waals surface area contributed by atoms with Gasteiger partial charge in [-0.2, -0.15) is 4.39 Å². The summed E-state index contributed by atoms with van der Waals surface area (Å²) >= 11 is 0. The summed E-state index contributed by atoms with van der Waals surface area (Å²) in [5.74, 6) is -3.76. The fourth-order valence-corrected chi connectivity index (χ4v) is 6.72. The Labute approximate surface area is 263 Å². The molecule has 5 rings (SSSR count).